The van der Waals surface area contributed by atoms with Gasteiger partial charge in [0.15, 0.2) is 0 Å². The Morgan fingerprint density at radius 3 is 2.29 bits per heavy atom. The summed E-state index contributed by atoms with van der Waals surface area (Å²) < 4.78 is 2.98. The van der Waals surface area contributed by atoms with Gasteiger partial charge < -0.3 is 4.90 Å². The van der Waals surface area contributed by atoms with E-state index < -0.39 is 0 Å². The first kappa shape index (κ1) is 15.4. The molecule has 0 spiro atoms. The molecule has 1 saturated heterocycles. The van der Waals surface area contributed by atoms with E-state index in [0.29, 0.717) is 0 Å². The number of benzene rings is 2. The molecular formula is C19H21N3OS. The molecule has 24 heavy (non-hydrogen) atoms. The minimum atomic E-state index is 0.151. The summed E-state index contributed by atoms with van der Waals surface area (Å²) in [6, 6.07) is 18.5. The van der Waals surface area contributed by atoms with Gasteiger partial charge in [0.2, 0.25) is 0 Å². The SMILES string of the molecule is O=c1c2ccccc2sn1CCN1CCN(c2ccccc2)CC1. The quantitative estimate of drug-likeness (QED) is 0.732. The Labute approximate surface area is 145 Å². The topological polar surface area (TPSA) is 28.5 Å². The van der Waals surface area contributed by atoms with Crippen LogP contribution in [-0.4, -0.2) is 41.6 Å². The van der Waals surface area contributed by atoms with Gasteiger partial charge in [0, 0.05) is 45.0 Å². The van der Waals surface area contributed by atoms with Crippen molar-refractivity contribution in [3.8, 4) is 0 Å². The Morgan fingerprint density at radius 1 is 0.833 bits per heavy atom. The van der Waals surface area contributed by atoms with Crippen LogP contribution in [0.5, 0.6) is 0 Å². The average Bonchev–Trinajstić information content (AvgIpc) is 2.97. The first-order valence-electron chi connectivity index (χ1n) is 8.42. The third kappa shape index (κ3) is 3.09. The molecule has 5 heteroatoms. The molecule has 0 atom stereocenters. The van der Waals surface area contributed by atoms with Gasteiger partial charge in [-0.05, 0) is 24.3 Å². The second kappa shape index (κ2) is 6.79. The van der Waals surface area contributed by atoms with Gasteiger partial charge in [-0.2, -0.15) is 0 Å². The number of aromatic nitrogens is 1. The van der Waals surface area contributed by atoms with E-state index in [1.807, 2.05) is 28.2 Å². The number of rotatable bonds is 4. The van der Waals surface area contributed by atoms with E-state index in [-0.39, 0.29) is 5.56 Å². The lowest BCUT2D eigenvalue weighted by atomic mass is 10.2. The molecule has 4 nitrogen and oxygen atoms in total. The monoisotopic (exact) mass is 339 g/mol. The van der Waals surface area contributed by atoms with Gasteiger partial charge in [-0.25, -0.2) is 0 Å². The number of nitrogens with zero attached hydrogens (tertiary/aromatic N) is 3. The fourth-order valence-corrected chi connectivity index (χ4v) is 4.25. The van der Waals surface area contributed by atoms with Crippen LogP contribution in [0.1, 0.15) is 0 Å². The van der Waals surface area contributed by atoms with Crippen LogP contribution in [-0.2, 0) is 6.54 Å². The molecule has 0 N–H and O–H groups in total. The first-order chi connectivity index (χ1) is 11.8. The summed E-state index contributed by atoms with van der Waals surface area (Å²) in [5, 5.41) is 0.844. The Kier molecular flexibility index (Phi) is 4.36. The highest BCUT2D eigenvalue weighted by Gasteiger charge is 2.17. The van der Waals surface area contributed by atoms with Crippen LogP contribution in [0.2, 0.25) is 0 Å². The summed E-state index contributed by atoms with van der Waals surface area (Å²) >= 11 is 1.58. The third-order valence-electron chi connectivity index (χ3n) is 4.67. The van der Waals surface area contributed by atoms with Gasteiger partial charge >= 0.3 is 0 Å². The molecule has 0 unspecified atom stereocenters. The minimum absolute atomic E-state index is 0.151. The maximum Gasteiger partial charge on any atom is 0.268 e. The largest absolute Gasteiger partial charge is 0.369 e. The van der Waals surface area contributed by atoms with Gasteiger partial charge in [-0.15, -0.1) is 0 Å². The normalized spacial score (nSPS) is 15.9. The lowest BCUT2D eigenvalue weighted by molar-refractivity contribution is 0.250. The lowest BCUT2D eigenvalue weighted by Crippen LogP contribution is -2.47. The van der Waals surface area contributed by atoms with Crippen LogP contribution in [0, 0.1) is 0 Å². The van der Waals surface area contributed by atoms with Crippen LogP contribution in [0.3, 0.4) is 0 Å². The lowest BCUT2D eigenvalue weighted by Gasteiger charge is -2.36. The molecule has 0 saturated carbocycles. The number of piperazine rings is 1. The van der Waals surface area contributed by atoms with E-state index in [1.54, 1.807) is 11.5 Å². The molecule has 3 aromatic rings. The van der Waals surface area contributed by atoms with E-state index in [1.165, 1.54) is 5.69 Å². The molecular weight excluding hydrogens is 318 g/mol. The van der Waals surface area contributed by atoms with E-state index in [9.17, 15) is 4.79 Å². The summed E-state index contributed by atoms with van der Waals surface area (Å²) in [4.78, 5) is 17.3. The molecule has 1 fully saturated rings. The number of anilines is 1. The summed E-state index contributed by atoms with van der Waals surface area (Å²) in [6.07, 6.45) is 0. The van der Waals surface area contributed by atoms with E-state index >= 15 is 0 Å². The van der Waals surface area contributed by atoms with Crippen molar-refractivity contribution in [1.82, 2.24) is 8.86 Å². The molecule has 1 aromatic heterocycles. The molecule has 4 rings (SSSR count). The van der Waals surface area contributed by atoms with Crippen molar-refractivity contribution in [1.29, 1.82) is 0 Å². The van der Waals surface area contributed by atoms with Gasteiger partial charge in [-0.3, -0.25) is 13.7 Å². The molecule has 0 amide bonds. The second-order valence-electron chi connectivity index (χ2n) is 6.16. The van der Waals surface area contributed by atoms with Crippen LogP contribution in [0.15, 0.2) is 59.4 Å². The molecule has 1 aliphatic rings. The van der Waals surface area contributed by atoms with Gasteiger partial charge in [0.25, 0.3) is 5.56 Å². The van der Waals surface area contributed by atoms with Crippen molar-refractivity contribution in [2.75, 3.05) is 37.6 Å². The Hall–Kier alpha value is -2.11. The van der Waals surface area contributed by atoms with Crippen molar-refractivity contribution < 1.29 is 0 Å². The highest BCUT2D eigenvalue weighted by Crippen LogP contribution is 2.17. The second-order valence-corrected chi connectivity index (χ2v) is 7.22. The minimum Gasteiger partial charge on any atom is -0.369 e. The highest BCUT2D eigenvalue weighted by molar-refractivity contribution is 7.13. The molecule has 0 radical (unpaired) electrons. The Balaban J connectivity index is 1.36. The predicted octanol–water partition coefficient (Wildman–Crippen LogP) is 2.89. The maximum absolute atomic E-state index is 12.4. The average molecular weight is 339 g/mol. The first-order valence-corrected chi connectivity index (χ1v) is 9.20. The zero-order valence-electron chi connectivity index (χ0n) is 13.6. The highest BCUT2D eigenvalue weighted by atomic mass is 32.1. The zero-order valence-corrected chi connectivity index (χ0v) is 14.4. The van der Waals surface area contributed by atoms with Crippen molar-refractivity contribution in [3.63, 3.8) is 0 Å². The zero-order chi connectivity index (χ0) is 16.4. The molecule has 124 valence electrons. The van der Waals surface area contributed by atoms with Crippen LogP contribution in [0.4, 0.5) is 5.69 Å². The van der Waals surface area contributed by atoms with Crippen LogP contribution in [0.25, 0.3) is 10.1 Å². The van der Waals surface area contributed by atoms with Crippen LogP contribution >= 0.6 is 11.5 Å². The molecule has 0 aliphatic carbocycles. The van der Waals surface area contributed by atoms with Crippen molar-refractivity contribution in [2.24, 2.45) is 0 Å². The third-order valence-corrected chi connectivity index (χ3v) is 5.79. The molecule has 1 aliphatic heterocycles. The van der Waals surface area contributed by atoms with E-state index in [2.05, 4.69) is 40.1 Å². The van der Waals surface area contributed by atoms with Crippen molar-refractivity contribution >= 4 is 27.3 Å². The number of hydrogen-bond donors (Lipinski definition) is 0. The standard InChI is InChI=1S/C19H21N3OS/c23-19-17-8-4-5-9-18(17)24-22(19)15-12-20-10-13-21(14-11-20)16-6-2-1-3-7-16/h1-9H,10-15H2. The summed E-state index contributed by atoms with van der Waals surface area (Å²) in [7, 11) is 0. The molecule has 2 aromatic carbocycles. The maximum atomic E-state index is 12.4. The predicted molar refractivity (Wildman–Crippen MR) is 101 cm³/mol. The summed E-state index contributed by atoms with van der Waals surface area (Å²) in [6.45, 7) is 5.92. The summed E-state index contributed by atoms with van der Waals surface area (Å²) in [5.41, 5.74) is 1.45. The fraction of sp³-hybridized carbons (Fsp3) is 0.316. The van der Waals surface area contributed by atoms with Gasteiger partial charge in [0.05, 0.1) is 10.1 Å². The Morgan fingerprint density at radius 2 is 1.54 bits per heavy atom. The molecule has 2 heterocycles. The number of hydrogen-bond acceptors (Lipinski definition) is 4. The van der Waals surface area contributed by atoms with Crippen LogP contribution < -0.4 is 10.5 Å². The smallest absolute Gasteiger partial charge is 0.268 e. The number of fused-ring (bicyclic) bond motifs is 1. The molecule has 0 bridgehead atoms. The Bertz CT molecular complexity index is 863. The summed E-state index contributed by atoms with van der Waals surface area (Å²) in [5.74, 6) is 0. The van der Waals surface area contributed by atoms with Crippen molar-refractivity contribution in [2.45, 2.75) is 6.54 Å². The van der Waals surface area contributed by atoms with Gasteiger partial charge in [0.1, 0.15) is 0 Å². The number of para-hydroxylation sites is 1. The fourth-order valence-electron chi connectivity index (χ4n) is 3.27. The van der Waals surface area contributed by atoms with Crippen molar-refractivity contribution in [3.05, 3.63) is 65.0 Å². The van der Waals surface area contributed by atoms with E-state index in [0.717, 1.165) is 49.4 Å². The van der Waals surface area contributed by atoms with Gasteiger partial charge in [-0.1, -0.05) is 41.9 Å². The van der Waals surface area contributed by atoms with E-state index in [4.69, 9.17) is 0 Å².